The number of fused-ring (bicyclic) bond motifs is 7. The number of allylic oxidation sites excluding steroid dienone is 3. The molecule has 5 aliphatic carbocycles. The zero-order valence-corrected chi connectivity index (χ0v) is 28.0. The Morgan fingerprint density at radius 2 is 1.61 bits per heavy atom. The van der Waals surface area contributed by atoms with Gasteiger partial charge in [-0.25, -0.2) is 4.79 Å². The number of carbonyl (C=O) groups is 2. The van der Waals surface area contributed by atoms with Crippen molar-refractivity contribution in [2.75, 3.05) is 13.2 Å². The summed E-state index contributed by atoms with van der Waals surface area (Å²) < 4.78 is 0. The lowest BCUT2D eigenvalue weighted by Crippen LogP contribution is -2.66. The third kappa shape index (κ3) is 4.19. The third-order valence-electron chi connectivity index (χ3n) is 14.9. The van der Waals surface area contributed by atoms with Crippen molar-refractivity contribution in [1.82, 2.24) is 5.32 Å². The zero-order chi connectivity index (χ0) is 31.9. The Hall–Kier alpha value is -2.40. The van der Waals surface area contributed by atoms with Crippen LogP contribution in [-0.4, -0.2) is 35.2 Å². The fourth-order valence-electron chi connectivity index (χ4n) is 12.8. The molecule has 5 nitrogen and oxygen atoms in total. The summed E-state index contributed by atoms with van der Waals surface area (Å²) in [6.45, 7) is 19.6. The van der Waals surface area contributed by atoms with Gasteiger partial charge >= 0.3 is 5.97 Å². The number of benzene rings is 1. The molecule has 1 aromatic carbocycles. The molecule has 4 saturated carbocycles. The largest absolute Gasteiger partial charge is 0.478 e. The van der Waals surface area contributed by atoms with E-state index < -0.39 is 5.97 Å². The molecule has 0 spiro atoms. The number of hydrogen-bond acceptors (Lipinski definition) is 3. The van der Waals surface area contributed by atoms with E-state index in [-0.39, 0.29) is 39.6 Å². The Morgan fingerprint density at radius 3 is 2.25 bits per heavy atom. The van der Waals surface area contributed by atoms with E-state index in [2.05, 4.69) is 59.5 Å². The summed E-state index contributed by atoms with van der Waals surface area (Å²) in [6, 6.07) is 7.50. The van der Waals surface area contributed by atoms with Crippen LogP contribution in [0.1, 0.15) is 115 Å². The normalized spacial score (nSPS) is 42.2. The Morgan fingerprint density at radius 1 is 0.909 bits per heavy atom. The third-order valence-corrected chi connectivity index (χ3v) is 14.9. The average Bonchev–Trinajstić information content (AvgIpc) is 3.37. The van der Waals surface area contributed by atoms with E-state index in [4.69, 9.17) is 0 Å². The molecule has 0 radical (unpaired) electrons. The summed E-state index contributed by atoms with van der Waals surface area (Å²) in [4.78, 5) is 25.4. The molecule has 5 aliphatic rings. The molecule has 3 N–H and O–H groups in total. The Labute approximate surface area is 265 Å². The monoisotopic (exact) mass is 601 g/mol. The number of carboxylic acid groups (broad SMARTS) is 1. The number of hydrogen-bond donors (Lipinski definition) is 3. The van der Waals surface area contributed by atoms with E-state index in [1.54, 1.807) is 12.1 Å². The zero-order valence-electron chi connectivity index (χ0n) is 28.0. The first-order valence-electron chi connectivity index (χ1n) is 17.3. The van der Waals surface area contributed by atoms with Gasteiger partial charge in [0.15, 0.2) is 0 Å². The van der Waals surface area contributed by atoms with Crippen LogP contribution in [0.15, 0.2) is 42.5 Å². The molecule has 0 aromatic heterocycles. The van der Waals surface area contributed by atoms with Crippen LogP contribution in [0.4, 0.5) is 0 Å². The lowest BCUT2D eigenvalue weighted by atomic mass is 9.32. The van der Waals surface area contributed by atoms with Gasteiger partial charge in [-0.3, -0.25) is 4.79 Å². The molecule has 0 heterocycles. The van der Waals surface area contributed by atoms with E-state index in [1.165, 1.54) is 36.8 Å². The number of aromatic carboxylic acids is 1. The number of carbonyl (C=O) groups excluding carboxylic acids is 1. The predicted octanol–water partition coefficient (Wildman–Crippen LogP) is 8.14. The van der Waals surface area contributed by atoms with Gasteiger partial charge in [-0.05, 0) is 139 Å². The SMILES string of the molecule is C=C(C)[C@@H]1CC[C@]2(C(=O)NCCO)CC[C@]3(C)C(CC[C@@H]4[C@@]5(C)CC=C(c6ccc(C(=O)O)cc6)C(C)(C)[C@@H]5CC[C@]43C)[C@@H]12. The standard InChI is InChI=1S/C39H55NO4/c1-24(2)27-14-19-39(34(44)40-22-23-41)21-20-37(6)29(32(27)39)12-13-31-36(5)17-15-28(25-8-10-26(11-9-25)33(42)43)35(3,4)30(36)16-18-38(31,37)7/h8-11,15,27,29-32,41H,1,12-14,16-23H2,2-7H3,(H,40,44)(H,42,43)/t27-,29?,30-,31+,32+,36-,37+,38+,39-/m0/s1. The van der Waals surface area contributed by atoms with Crippen LogP contribution >= 0.6 is 0 Å². The highest BCUT2D eigenvalue weighted by atomic mass is 16.4. The smallest absolute Gasteiger partial charge is 0.335 e. The van der Waals surface area contributed by atoms with Crippen molar-refractivity contribution in [2.45, 2.75) is 99.3 Å². The molecule has 5 heteroatoms. The van der Waals surface area contributed by atoms with Gasteiger partial charge in [-0.2, -0.15) is 0 Å². The topological polar surface area (TPSA) is 86.6 Å². The Balaban J connectivity index is 1.35. The molecule has 44 heavy (non-hydrogen) atoms. The van der Waals surface area contributed by atoms with Crippen molar-refractivity contribution >= 4 is 17.4 Å². The maximum atomic E-state index is 13.9. The van der Waals surface area contributed by atoms with E-state index >= 15 is 0 Å². The van der Waals surface area contributed by atoms with Crippen LogP contribution in [0, 0.1) is 56.7 Å². The second kappa shape index (κ2) is 10.6. The minimum atomic E-state index is -0.880. The Kier molecular flexibility index (Phi) is 7.59. The number of aliphatic hydroxyl groups is 1. The summed E-state index contributed by atoms with van der Waals surface area (Å²) in [5.74, 6) is 1.66. The molecule has 1 amide bonds. The summed E-state index contributed by atoms with van der Waals surface area (Å²) >= 11 is 0. The molecular formula is C39H55NO4. The number of nitrogens with one attached hydrogen (secondary N) is 1. The minimum Gasteiger partial charge on any atom is -0.478 e. The first kappa shape index (κ1) is 31.6. The van der Waals surface area contributed by atoms with Crippen molar-refractivity contribution in [2.24, 2.45) is 56.7 Å². The summed E-state index contributed by atoms with van der Waals surface area (Å²) in [7, 11) is 0. The summed E-state index contributed by atoms with van der Waals surface area (Å²) in [5.41, 5.74) is 4.29. The fraction of sp³-hybridized carbons (Fsp3) is 0.692. The van der Waals surface area contributed by atoms with Gasteiger partial charge in [-0.1, -0.05) is 65.0 Å². The molecule has 0 aliphatic heterocycles. The second-order valence-electron chi connectivity index (χ2n) is 16.7. The maximum absolute atomic E-state index is 13.9. The number of rotatable bonds is 6. The van der Waals surface area contributed by atoms with Gasteiger partial charge < -0.3 is 15.5 Å². The van der Waals surface area contributed by atoms with Gasteiger partial charge in [-0.15, -0.1) is 0 Å². The molecule has 6 rings (SSSR count). The molecular weight excluding hydrogens is 546 g/mol. The van der Waals surface area contributed by atoms with E-state index in [0.29, 0.717) is 41.7 Å². The molecule has 4 fully saturated rings. The van der Waals surface area contributed by atoms with Crippen LogP contribution < -0.4 is 5.32 Å². The molecule has 1 unspecified atom stereocenters. The van der Waals surface area contributed by atoms with Crippen LogP contribution in [-0.2, 0) is 4.79 Å². The van der Waals surface area contributed by atoms with Gasteiger partial charge in [0.25, 0.3) is 0 Å². The van der Waals surface area contributed by atoms with Crippen LogP contribution in [0.25, 0.3) is 5.57 Å². The van der Waals surface area contributed by atoms with Gasteiger partial charge in [0.2, 0.25) is 5.91 Å². The lowest BCUT2D eigenvalue weighted by molar-refractivity contribution is -0.225. The summed E-state index contributed by atoms with van der Waals surface area (Å²) in [6.07, 6.45) is 12.4. The van der Waals surface area contributed by atoms with E-state index in [0.717, 1.165) is 37.7 Å². The van der Waals surface area contributed by atoms with Gasteiger partial charge in [0, 0.05) is 6.54 Å². The Bertz CT molecular complexity index is 1380. The molecule has 0 bridgehead atoms. The van der Waals surface area contributed by atoms with Crippen molar-refractivity contribution in [3.8, 4) is 0 Å². The highest BCUT2D eigenvalue weighted by Gasteiger charge is 2.71. The number of aliphatic hydroxyl groups excluding tert-OH is 1. The average molecular weight is 602 g/mol. The second-order valence-corrected chi connectivity index (χ2v) is 16.7. The lowest BCUT2D eigenvalue weighted by Gasteiger charge is -2.72. The molecule has 1 aromatic rings. The fourth-order valence-corrected chi connectivity index (χ4v) is 12.8. The van der Waals surface area contributed by atoms with Crippen LogP contribution in [0.5, 0.6) is 0 Å². The van der Waals surface area contributed by atoms with Crippen LogP contribution in [0.2, 0.25) is 0 Å². The highest BCUT2D eigenvalue weighted by Crippen LogP contribution is 2.77. The number of amides is 1. The first-order chi connectivity index (χ1) is 20.7. The van der Waals surface area contributed by atoms with Crippen LogP contribution in [0.3, 0.4) is 0 Å². The highest BCUT2D eigenvalue weighted by molar-refractivity contribution is 5.88. The van der Waals surface area contributed by atoms with E-state index in [9.17, 15) is 19.8 Å². The van der Waals surface area contributed by atoms with Crippen molar-refractivity contribution < 1.29 is 19.8 Å². The van der Waals surface area contributed by atoms with Crippen molar-refractivity contribution in [3.05, 3.63) is 53.6 Å². The maximum Gasteiger partial charge on any atom is 0.335 e. The molecule has 0 saturated heterocycles. The minimum absolute atomic E-state index is 0.0141. The number of carboxylic acids is 1. The van der Waals surface area contributed by atoms with Crippen molar-refractivity contribution in [3.63, 3.8) is 0 Å². The molecule has 240 valence electrons. The molecule has 9 atom stereocenters. The van der Waals surface area contributed by atoms with E-state index in [1.807, 2.05) is 12.1 Å². The van der Waals surface area contributed by atoms with Gasteiger partial charge in [0.05, 0.1) is 17.6 Å². The quantitative estimate of drug-likeness (QED) is 0.287. The predicted molar refractivity (Wildman–Crippen MR) is 176 cm³/mol. The first-order valence-corrected chi connectivity index (χ1v) is 17.3. The van der Waals surface area contributed by atoms with Gasteiger partial charge in [0.1, 0.15) is 0 Å². The summed E-state index contributed by atoms with van der Waals surface area (Å²) in [5, 5.41) is 22.1. The van der Waals surface area contributed by atoms with Crippen molar-refractivity contribution in [1.29, 1.82) is 0 Å².